The van der Waals surface area contributed by atoms with Gasteiger partial charge < -0.3 is 0 Å². The van der Waals surface area contributed by atoms with Gasteiger partial charge in [0.25, 0.3) is 0 Å². The Kier molecular flexibility index (Phi) is 3.15. The summed E-state index contributed by atoms with van der Waals surface area (Å²) in [5, 5.41) is 0. The fourth-order valence-corrected chi connectivity index (χ4v) is 7.11. The van der Waals surface area contributed by atoms with E-state index < -0.39 is 0 Å². The van der Waals surface area contributed by atoms with E-state index in [1.807, 2.05) is 5.57 Å². The highest BCUT2D eigenvalue weighted by Crippen LogP contribution is 2.66. The lowest BCUT2D eigenvalue weighted by Crippen LogP contribution is -2.49. The summed E-state index contributed by atoms with van der Waals surface area (Å²) in [4.78, 5) is 0. The Morgan fingerprint density at radius 1 is 0.952 bits per heavy atom. The van der Waals surface area contributed by atoms with Crippen LogP contribution in [0.4, 0.5) is 0 Å². The van der Waals surface area contributed by atoms with Crippen molar-refractivity contribution in [1.29, 1.82) is 0 Å². The van der Waals surface area contributed by atoms with Crippen molar-refractivity contribution in [2.75, 3.05) is 0 Å². The first-order chi connectivity index (χ1) is 9.95. The Morgan fingerprint density at radius 3 is 2.57 bits per heavy atom. The molecule has 0 aliphatic heterocycles. The van der Waals surface area contributed by atoms with E-state index in [1.165, 1.54) is 51.4 Å². The molecule has 0 amide bonds. The Morgan fingerprint density at radius 2 is 1.76 bits per heavy atom. The van der Waals surface area contributed by atoms with Crippen LogP contribution in [-0.4, -0.2) is 0 Å². The molecule has 0 bridgehead atoms. The van der Waals surface area contributed by atoms with Crippen LogP contribution in [0, 0.1) is 40.4 Å². The zero-order chi connectivity index (χ0) is 14.8. The van der Waals surface area contributed by atoms with Gasteiger partial charge in [-0.1, -0.05) is 39.3 Å². The molecule has 21 heavy (non-hydrogen) atoms. The molecule has 0 saturated heterocycles. The van der Waals surface area contributed by atoms with E-state index in [0.717, 1.165) is 29.6 Å². The van der Waals surface area contributed by atoms with Gasteiger partial charge in [-0.25, -0.2) is 0 Å². The standard InChI is InChI=1S/C21H34/c1-14-9-11-21(4)16(13-14)6-7-17-18-8-5-15(2)20(18,3)12-10-19(17)21/h6,14-15,17-19H,5,7-13H2,1-4H3/t14-,15?,17?,18?,19?,20?,21?/m1/s1. The second-order valence-corrected chi connectivity index (χ2v) is 9.63. The second kappa shape index (κ2) is 4.62. The average Bonchev–Trinajstić information content (AvgIpc) is 2.76. The van der Waals surface area contributed by atoms with Crippen molar-refractivity contribution in [2.24, 2.45) is 40.4 Å². The van der Waals surface area contributed by atoms with Crippen LogP contribution in [0.5, 0.6) is 0 Å². The van der Waals surface area contributed by atoms with E-state index in [1.54, 1.807) is 0 Å². The molecule has 4 aliphatic carbocycles. The van der Waals surface area contributed by atoms with Gasteiger partial charge in [-0.3, -0.25) is 0 Å². The maximum absolute atomic E-state index is 2.71. The predicted octanol–water partition coefficient (Wildman–Crippen LogP) is 6.22. The van der Waals surface area contributed by atoms with Crippen LogP contribution in [0.2, 0.25) is 0 Å². The zero-order valence-electron chi connectivity index (χ0n) is 14.6. The molecule has 7 atom stereocenters. The molecular formula is C21H34. The van der Waals surface area contributed by atoms with Crippen molar-refractivity contribution < 1.29 is 0 Å². The summed E-state index contributed by atoms with van der Waals surface area (Å²) < 4.78 is 0. The molecule has 6 unspecified atom stereocenters. The smallest absolute Gasteiger partial charge is 0.00851 e. The molecular weight excluding hydrogens is 252 g/mol. The largest absolute Gasteiger partial charge is 0.0845 e. The highest BCUT2D eigenvalue weighted by molar-refractivity contribution is 5.24. The first kappa shape index (κ1) is 14.3. The molecule has 118 valence electrons. The first-order valence-electron chi connectivity index (χ1n) is 9.64. The van der Waals surface area contributed by atoms with Crippen LogP contribution in [0.25, 0.3) is 0 Å². The Labute approximate surface area is 131 Å². The van der Waals surface area contributed by atoms with Crippen molar-refractivity contribution in [3.05, 3.63) is 11.6 Å². The Balaban J connectivity index is 1.68. The lowest BCUT2D eigenvalue weighted by atomic mass is 9.47. The molecule has 3 saturated carbocycles. The predicted molar refractivity (Wildman–Crippen MR) is 90.0 cm³/mol. The minimum Gasteiger partial charge on any atom is -0.0845 e. The molecule has 0 radical (unpaired) electrons. The molecule has 0 spiro atoms. The van der Waals surface area contributed by atoms with E-state index >= 15 is 0 Å². The van der Waals surface area contributed by atoms with E-state index in [2.05, 4.69) is 33.8 Å². The lowest BCUT2D eigenvalue weighted by Gasteiger charge is -2.58. The van der Waals surface area contributed by atoms with Gasteiger partial charge in [-0.15, -0.1) is 0 Å². The van der Waals surface area contributed by atoms with E-state index in [4.69, 9.17) is 0 Å². The summed E-state index contributed by atoms with van der Waals surface area (Å²) >= 11 is 0. The van der Waals surface area contributed by atoms with Crippen molar-refractivity contribution >= 4 is 0 Å². The highest BCUT2D eigenvalue weighted by Gasteiger charge is 2.57. The SMILES string of the molecule is CC1CCC2C3CC=C4C[C@H](C)CCC4(C)C3CCC12C. The molecule has 0 nitrogen and oxygen atoms in total. The van der Waals surface area contributed by atoms with Gasteiger partial charge in [-0.2, -0.15) is 0 Å². The number of rotatable bonds is 0. The molecule has 0 aromatic heterocycles. The van der Waals surface area contributed by atoms with Gasteiger partial charge in [0.15, 0.2) is 0 Å². The van der Waals surface area contributed by atoms with Crippen molar-refractivity contribution in [1.82, 2.24) is 0 Å². The summed E-state index contributed by atoms with van der Waals surface area (Å²) in [5.74, 6) is 4.94. The summed E-state index contributed by atoms with van der Waals surface area (Å²) in [7, 11) is 0. The number of hydrogen-bond donors (Lipinski definition) is 0. The third-order valence-electron chi connectivity index (χ3n) is 8.82. The Hall–Kier alpha value is -0.260. The number of hydrogen-bond acceptors (Lipinski definition) is 0. The number of allylic oxidation sites excluding steroid dienone is 2. The van der Waals surface area contributed by atoms with Gasteiger partial charge in [0.2, 0.25) is 0 Å². The molecule has 0 heteroatoms. The molecule has 0 N–H and O–H groups in total. The van der Waals surface area contributed by atoms with Gasteiger partial charge in [0, 0.05) is 0 Å². The molecule has 0 heterocycles. The first-order valence-corrected chi connectivity index (χ1v) is 9.64. The van der Waals surface area contributed by atoms with Gasteiger partial charge in [-0.05, 0) is 91.8 Å². The molecule has 3 fully saturated rings. The molecule has 4 rings (SSSR count). The topological polar surface area (TPSA) is 0 Å². The fourth-order valence-electron chi connectivity index (χ4n) is 7.11. The third-order valence-corrected chi connectivity index (χ3v) is 8.82. The summed E-state index contributed by atoms with van der Waals surface area (Å²) in [6.45, 7) is 10.3. The quantitative estimate of drug-likeness (QED) is 0.464. The lowest BCUT2D eigenvalue weighted by molar-refractivity contribution is -0.0411. The molecule has 0 aromatic carbocycles. The van der Waals surface area contributed by atoms with Crippen LogP contribution in [0.3, 0.4) is 0 Å². The van der Waals surface area contributed by atoms with E-state index in [-0.39, 0.29) is 0 Å². The van der Waals surface area contributed by atoms with Crippen LogP contribution in [-0.2, 0) is 0 Å². The van der Waals surface area contributed by atoms with Crippen molar-refractivity contribution in [2.45, 2.75) is 79.1 Å². The van der Waals surface area contributed by atoms with E-state index in [9.17, 15) is 0 Å². The van der Waals surface area contributed by atoms with Crippen LogP contribution in [0.15, 0.2) is 11.6 Å². The average molecular weight is 287 g/mol. The maximum atomic E-state index is 2.71. The minimum atomic E-state index is 0.572. The van der Waals surface area contributed by atoms with Crippen LogP contribution < -0.4 is 0 Å². The number of fused-ring (bicyclic) bond motifs is 5. The fraction of sp³-hybridized carbons (Fsp3) is 0.905. The Bertz CT molecular complexity index is 461. The maximum Gasteiger partial charge on any atom is -0.00851 e. The van der Waals surface area contributed by atoms with Gasteiger partial charge in [0.05, 0.1) is 0 Å². The highest BCUT2D eigenvalue weighted by atomic mass is 14.6. The van der Waals surface area contributed by atoms with Crippen LogP contribution in [0.1, 0.15) is 79.1 Å². The third kappa shape index (κ3) is 1.86. The van der Waals surface area contributed by atoms with Crippen LogP contribution >= 0.6 is 0 Å². The zero-order valence-corrected chi connectivity index (χ0v) is 14.6. The van der Waals surface area contributed by atoms with Gasteiger partial charge in [0.1, 0.15) is 0 Å². The minimum absolute atomic E-state index is 0.572. The normalized spacial score (nSPS) is 56.2. The van der Waals surface area contributed by atoms with Crippen molar-refractivity contribution in [3.63, 3.8) is 0 Å². The van der Waals surface area contributed by atoms with Crippen molar-refractivity contribution in [3.8, 4) is 0 Å². The van der Waals surface area contributed by atoms with E-state index in [0.29, 0.717) is 10.8 Å². The second-order valence-electron chi connectivity index (χ2n) is 9.63. The molecule has 4 aliphatic rings. The molecule has 0 aromatic rings. The monoisotopic (exact) mass is 286 g/mol. The summed E-state index contributed by atoms with van der Waals surface area (Å²) in [6, 6.07) is 0. The summed E-state index contributed by atoms with van der Waals surface area (Å²) in [6.07, 6.45) is 14.5. The van der Waals surface area contributed by atoms with Gasteiger partial charge >= 0.3 is 0 Å². The summed E-state index contributed by atoms with van der Waals surface area (Å²) in [5.41, 5.74) is 3.10.